The van der Waals surface area contributed by atoms with Crippen molar-refractivity contribution >= 4 is 23.6 Å². The maximum atomic E-state index is 12.3. The van der Waals surface area contributed by atoms with E-state index in [9.17, 15) is 19.2 Å². The number of hydrogen-bond donors (Lipinski definition) is 1. The summed E-state index contributed by atoms with van der Waals surface area (Å²) in [5, 5.41) is 0. The zero-order valence-electron chi connectivity index (χ0n) is 16.4. The maximum Gasteiger partial charge on any atom is 0.332 e. The van der Waals surface area contributed by atoms with Gasteiger partial charge < -0.3 is 19.9 Å². The standard InChI is InChI=1S/C19H21N3O7/c1-21-17(20)16(18(25)22(2)19(21)26)12(23)10-29-15(24)8-6-11-5-7-13(27-3)14(9-11)28-4/h5-9H,10,20H2,1-4H3/b8-6+. The van der Waals surface area contributed by atoms with Gasteiger partial charge in [-0.2, -0.15) is 0 Å². The van der Waals surface area contributed by atoms with Gasteiger partial charge in [0.05, 0.1) is 14.2 Å². The quantitative estimate of drug-likeness (QED) is 0.392. The molecule has 0 bridgehead atoms. The fourth-order valence-corrected chi connectivity index (χ4v) is 2.50. The number of benzene rings is 1. The summed E-state index contributed by atoms with van der Waals surface area (Å²) in [5.41, 5.74) is 4.41. The number of nitrogens with zero attached hydrogens (tertiary/aromatic N) is 2. The molecule has 1 aromatic carbocycles. The lowest BCUT2D eigenvalue weighted by molar-refractivity contribution is -0.136. The summed E-state index contributed by atoms with van der Waals surface area (Å²) in [4.78, 5) is 48.1. The fraction of sp³-hybridized carbons (Fsp3) is 0.263. The summed E-state index contributed by atoms with van der Waals surface area (Å²) in [6.07, 6.45) is 2.59. The summed E-state index contributed by atoms with van der Waals surface area (Å²) in [7, 11) is 5.54. The van der Waals surface area contributed by atoms with Gasteiger partial charge >= 0.3 is 11.7 Å². The molecule has 0 atom stereocenters. The van der Waals surface area contributed by atoms with Crippen molar-refractivity contribution in [1.82, 2.24) is 9.13 Å². The van der Waals surface area contributed by atoms with Gasteiger partial charge in [0.1, 0.15) is 11.4 Å². The summed E-state index contributed by atoms with van der Waals surface area (Å²) < 4.78 is 16.9. The lowest BCUT2D eigenvalue weighted by Gasteiger charge is -2.10. The average Bonchev–Trinajstić information content (AvgIpc) is 2.73. The average molecular weight is 403 g/mol. The molecule has 0 saturated heterocycles. The Morgan fingerprint density at radius 1 is 1.07 bits per heavy atom. The third-order valence-electron chi connectivity index (χ3n) is 4.15. The van der Waals surface area contributed by atoms with Crippen LogP contribution >= 0.6 is 0 Å². The number of nitrogens with two attached hydrogens (primary N) is 1. The molecule has 2 N–H and O–H groups in total. The minimum absolute atomic E-state index is 0.292. The van der Waals surface area contributed by atoms with Crippen LogP contribution in [0.5, 0.6) is 11.5 Å². The predicted molar refractivity (Wildman–Crippen MR) is 105 cm³/mol. The molecule has 10 heteroatoms. The number of aromatic nitrogens is 2. The topological polar surface area (TPSA) is 132 Å². The first-order valence-corrected chi connectivity index (χ1v) is 8.36. The highest BCUT2D eigenvalue weighted by Crippen LogP contribution is 2.27. The number of ether oxygens (including phenoxy) is 3. The third kappa shape index (κ3) is 4.54. The number of Topliss-reactive ketones (excluding diaryl/α,β-unsaturated/α-hetero) is 1. The van der Waals surface area contributed by atoms with Gasteiger partial charge in [0.15, 0.2) is 18.1 Å². The van der Waals surface area contributed by atoms with Crippen molar-refractivity contribution in [3.8, 4) is 11.5 Å². The maximum absolute atomic E-state index is 12.3. The number of methoxy groups -OCH3 is 2. The normalized spacial score (nSPS) is 10.8. The van der Waals surface area contributed by atoms with Crippen molar-refractivity contribution in [2.24, 2.45) is 14.1 Å². The molecule has 0 radical (unpaired) electrons. The Hall–Kier alpha value is -3.82. The second kappa shape index (κ2) is 8.91. The first-order chi connectivity index (χ1) is 13.7. The number of hydrogen-bond acceptors (Lipinski definition) is 8. The minimum Gasteiger partial charge on any atom is -0.493 e. The van der Waals surface area contributed by atoms with E-state index in [1.54, 1.807) is 18.2 Å². The third-order valence-corrected chi connectivity index (χ3v) is 4.15. The second-order valence-electron chi connectivity index (χ2n) is 5.94. The van der Waals surface area contributed by atoms with E-state index in [1.165, 1.54) is 34.4 Å². The van der Waals surface area contributed by atoms with Gasteiger partial charge in [0.2, 0.25) is 5.78 Å². The molecule has 0 aliphatic carbocycles. The number of nitrogen functional groups attached to an aromatic ring is 1. The number of esters is 1. The molecule has 1 heterocycles. The fourth-order valence-electron chi connectivity index (χ4n) is 2.50. The molecule has 0 fully saturated rings. The predicted octanol–water partition coefficient (Wildman–Crippen LogP) is 0.123. The van der Waals surface area contributed by atoms with Crippen LogP contribution in [-0.2, 0) is 23.6 Å². The van der Waals surface area contributed by atoms with E-state index >= 15 is 0 Å². The Balaban J connectivity index is 2.10. The van der Waals surface area contributed by atoms with E-state index in [4.69, 9.17) is 19.9 Å². The van der Waals surface area contributed by atoms with Crippen molar-refractivity contribution in [3.05, 3.63) is 56.2 Å². The first kappa shape index (κ1) is 21.5. The highest BCUT2D eigenvalue weighted by atomic mass is 16.5. The van der Waals surface area contributed by atoms with E-state index in [2.05, 4.69) is 0 Å². The monoisotopic (exact) mass is 403 g/mol. The van der Waals surface area contributed by atoms with Crippen LogP contribution in [0.25, 0.3) is 6.08 Å². The van der Waals surface area contributed by atoms with Crippen molar-refractivity contribution < 1.29 is 23.8 Å². The van der Waals surface area contributed by atoms with Crippen LogP contribution in [0.15, 0.2) is 33.9 Å². The molecule has 0 unspecified atom stereocenters. The molecule has 0 spiro atoms. The lowest BCUT2D eigenvalue weighted by Crippen LogP contribution is -2.42. The van der Waals surface area contributed by atoms with Crippen LogP contribution < -0.4 is 26.5 Å². The van der Waals surface area contributed by atoms with Crippen molar-refractivity contribution in [1.29, 1.82) is 0 Å². The minimum atomic E-state index is -0.854. The van der Waals surface area contributed by atoms with Gasteiger partial charge in [-0.3, -0.25) is 18.7 Å². The first-order valence-electron chi connectivity index (χ1n) is 8.36. The second-order valence-corrected chi connectivity index (χ2v) is 5.94. The number of carbonyl (C=O) groups excluding carboxylic acids is 2. The smallest absolute Gasteiger partial charge is 0.332 e. The van der Waals surface area contributed by atoms with Crippen LogP contribution in [0.4, 0.5) is 5.82 Å². The highest BCUT2D eigenvalue weighted by Gasteiger charge is 2.21. The molecule has 154 valence electrons. The molecule has 0 aliphatic rings. The van der Waals surface area contributed by atoms with Gasteiger partial charge in [-0.1, -0.05) is 6.07 Å². The Labute approximate surface area is 165 Å². The SMILES string of the molecule is COc1ccc(/C=C/C(=O)OCC(=O)c2c(N)n(C)c(=O)n(C)c2=O)cc1OC. The van der Waals surface area contributed by atoms with Gasteiger partial charge in [0, 0.05) is 20.2 Å². The summed E-state index contributed by atoms with van der Waals surface area (Å²) >= 11 is 0. The van der Waals surface area contributed by atoms with E-state index in [0.717, 1.165) is 15.2 Å². The Bertz CT molecular complexity index is 1100. The summed E-state index contributed by atoms with van der Waals surface area (Å²) in [6.45, 7) is -0.702. The number of anilines is 1. The molecular formula is C19H21N3O7. The van der Waals surface area contributed by atoms with Gasteiger partial charge in [-0.15, -0.1) is 0 Å². The summed E-state index contributed by atoms with van der Waals surface area (Å²) in [5.74, 6) is -0.881. The van der Waals surface area contributed by atoms with Gasteiger partial charge in [-0.05, 0) is 23.8 Å². The molecule has 29 heavy (non-hydrogen) atoms. The van der Waals surface area contributed by atoms with Crippen LogP contribution in [0.2, 0.25) is 0 Å². The number of ketones is 1. The molecule has 0 saturated carbocycles. The molecule has 1 aromatic heterocycles. The van der Waals surface area contributed by atoms with Crippen LogP contribution in [-0.4, -0.2) is 41.7 Å². The Morgan fingerprint density at radius 3 is 2.34 bits per heavy atom. The van der Waals surface area contributed by atoms with Crippen LogP contribution in [0, 0.1) is 0 Å². The number of rotatable bonds is 7. The van der Waals surface area contributed by atoms with Crippen LogP contribution in [0.3, 0.4) is 0 Å². The molecular weight excluding hydrogens is 382 g/mol. The molecule has 2 rings (SSSR count). The van der Waals surface area contributed by atoms with E-state index in [-0.39, 0.29) is 5.82 Å². The van der Waals surface area contributed by atoms with Crippen molar-refractivity contribution in [2.45, 2.75) is 0 Å². The van der Waals surface area contributed by atoms with Crippen molar-refractivity contribution in [2.75, 3.05) is 26.6 Å². The molecule has 10 nitrogen and oxygen atoms in total. The lowest BCUT2D eigenvalue weighted by atomic mass is 10.2. The van der Waals surface area contributed by atoms with Crippen LogP contribution in [0.1, 0.15) is 15.9 Å². The van der Waals surface area contributed by atoms with Gasteiger partial charge in [0.25, 0.3) is 5.56 Å². The highest BCUT2D eigenvalue weighted by molar-refractivity contribution is 6.01. The van der Waals surface area contributed by atoms with Gasteiger partial charge in [-0.25, -0.2) is 9.59 Å². The molecule has 2 aromatic rings. The molecule has 0 amide bonds. The van der Waals surface area contributed by atoms with E-state index in [0.29, 0.717) is 17.1 Å². The zero-order chi connectivity index (χ0) is 21.7. The summed E-state index contributed by atoms with van der Waals surface area (Å²) in [6, 6.07) is 5.03. The van der Waals surface area contributed by atoms with Crippen molar-refractivity contribution in [3.63, 3.8) is 0 Å². The zero-order valence-corrected chi connectivity index (χ0v) is 16.4. The largest absolute Gasteiger partial charge is 0.493 e. The molecule has 0 aliphatic heterocycles. The van der Waals surface area contributed by atoms with E-state index in [1.807, 2.05) is 0 Å². The Morgan fingerprint density at radius 2 is 1.72 bits per heavy atom. The van der Waals surface area contributed by atoms with E-state index < -0.39 is 35.2 Å². The Kier molecular flexibility index (Phi) is 6.60. The number of carbonyl (C=O) groups is 2.